The van der Waals surface area contributed by atoms with E-state index in [0.29, 0.717) is 6.54 Å². The van der Waals surface area contributed by atoms with Crippen LogP contribution < -0.4 is 16.2 Å². The molecule has 3 heteroatoms. The number of nitrogens with two attached hydrogens (primary N) is 2. The second-order valence-corrected chi connectivity index (χ2v) is 5.71. The second kappa shape index (κ2) is 5.72. The first-order chi connectivity index (χ1) is 8.33. The van der Waals surface area contributed by atoms with Crippen LogP contribution in [0.2, 0.25) is 0 Å². The Balaban J connectivity index is 3.23. The van der Waals surface area contributed by atoms with Crippen LogP contribution in [0.15, 0.2) is 12.1 Å². The molecule has 0 aromatic heterocycles. The van der Waals surface area contributed by atoms with Crippen LogP contribution in [0, 0.1) is 19.3 Å². The molecule has 0 bridgehead atoms. The van der Waals surface area contributed by atoms with E-state index >= 15 is 0 Å². The molecule has 0 heterocycles. The van der Waals surface area contributed by atoms with E-state index in [4.69, 9.17) is 16.2 Å². The topological polar surface area (TPSA) is 61.3 Å². The molecule has 0 aliphatic rings. The molecule has 3 nitrogen and oxygen atoms in total. The third-order valence-electron chi connectivity index (χ3n) is 3.62. The van der Waals surface area contributed by atoms with Gasteiger partial charge in [-0.2, -0.15) is 0 Å². The molecule has 102 valence electrons. The number of benzene rings is 1. The number of hydrogen-bond acceptors (Lipinski definition) is 3. The van der Waals surface area contributed by atoms with E-state index in [2.05, 4.69) is 39.8 Å². The molecule has 1 rings (SSSR count). The zero-order valence-corrected chi connectivity index (χ0v) is 12.2. The van der Waals surface area contributed by atoms with E-state index in [1.807, 2.05) is 0 Å². The quantitative estimate of drug-likeness (QED) is 0.844. The van der Waals surface area contributed by atoms with Gasteiger partial charge < -0.3 is 16.2 Å². The van der Waals surface area contributed by atoms with Gasteiger partial charge in [0.05, 0.1) is 7.11 Å². The molecule has 1 aromatic rings. The van der Waals surface area contributed by atoms with Gasteiger partial charge in [-0.1, -0.05) is 31.5 Å². The average molecular weight is 250 g/mol. The van der Waals surface area contributed by atoms with E-state index in [0.717, 1.165) is 23.3 Å². The molecule has 0 radical (unpaired) electrons. The SMILES string of the molecule is COc1c(C)cc(C)cc1C(N)C(C)(C)CCN. The highest BCUT2D eigenvalue weighted by Crippen LogP contribution is 2.39. The zero-order valence-electron chi connectivity index (χ0n) is 12.2. The fourth-order valence-corrected chi connectivity index (χ4v) is 2.45. The monoisotopic (exact) mass is 250 g/mol. The molecule has 0 spiro atoms. The lowest BCUT2D eigenvalue weighted by atomic mass is 9.77. The Hall–Kier alpha value is -1.06. The molecule has 1 atom stereocenters. The van der Waals surface area contributed by atoms with E-state index in [1.165, 1.54) is 5.56 Å². The molecule has 0 saturated carbocycles. The van der Waals surface area contributed by atoms with Crippen LogP contribution >= 0.6 is 0 Å². The Kier molecular flexibility index (Phi) is 4.77. The summed E-state index contributed by atoms with van der Waals surface area (Å²) in [7, 11) is 1.70. The molecule has 0 aliphatic carbocycles. The van der Waals surface area contributed by atoms with Gasteiger partial charge in [-0.15, -0.1) is 0 Å². The van der Waals surface area contributed by atoms with Crippen molar-refractivity contribution in [2.45, 2.75) is 40.2 Å². The van der Waals surface area contributed by atoms with Crippen LogP contribution in [0.1, 0.15) is 43.0 Å². The number of rotatable bonds is 5. The van der Waals surface area contributed by atoms with Gasteiger partial charge >= 0.3 is 0 Å². The van der Waals surface area contributed by atoms with Crippen LogP contribution in [0.5, 0.6) is 5.75 Å². The summed E-state index contributed by atoms with van der Waals surface area (Å²) in [6, 6.07) is 4.16. The van der Waals surface area contributed by atoms with Gasteiger partial charge in [-0.05, 0) is 37.8 Å². The first kappa shape index (κ1) is 15.0. The lowest BCUT2D eigenvalue weighted by molar-refractivity contribution is 0.264. The van der Waals surface area contributed by atoms with Crippen molar-refractivity contribution < 1.29 is 4.74 Å². The number of aryl methyl sites for hydroxylation is 2. The highest BCUT2D eigenvalue weighted by molar-refractivity contribution is 5.46. The van der Waals surface area contributed by atoms with E-state index in [-0.39, 0.29) is 11.5 Å². The highest BCUT2D eigenvalue weighted by atomic mass is 16.5. The normalized spacial score (nSPS) is 13.5. The third kappa shape index (κ3) is 3.03. The van der Waals surface area contributed by atoms with Crippen molar-refractivity contribution in [3.63, 3.8) is 0 Å². The van der Waals surface area contributed by atoms with Crippen LogP contribution in [-0.2, 0) is 0 Å². The van der Waals surface area contributed by atoms with Crippen molar-refractivity contribution >= 4 is 0 Å². The Morgan fingerprint density at radius 1 is 1.28 bits per heavy atom. The second-order valence-electron chi connectivity index (χ2n) is 5.71. The van der Waals surface area contributed by atoms with Crippen LogP contribution in [-0.4, -0.2) is 13.7 Å². The van der Waals surface area contributed by atoms with Crippen LogP contribution in [0.25, 0.3) is 0 Å². The van der Waals surface area contributed by atoms with Gasteiger partial charge in [0, 0.05) is 11.6 Å². The zero-order chi connectivity index (χ0) is 13.9. The summed E-state index contributed by atoms with van der Waals surface area (Å²) in [5.41, 5.74) is 15.5. The minimum absolute atomic E-state index is 0.0394. The summed E-state index contributed by atoms with van der Waals surface area (Å²) in [6.07, 6.45) is 0.893. The lowest BCUT2D eigenvalue weighted by Gasteiger charge is -2.33. The minimum Gasteiger partial charge on any atom is -0.496 e. The van der Waals surface area contributed by atoms with Gasteiger partial charge in [-0.25, -0.2) is 0 Å². The van der Waals surface area contributed by atoms with Gasteiger partial charge in [0.15, 0.2) is 0 Å². The Morgan fingerprint density at radius 3 is 2.39 bits per heavy atom. The van der Waals surface area contributed by atoms with Crippen molar-refractivity contribution in [3.8, 4) is 5.75 Å². The van der Waals surface area contributed by atoms with Crippen molar-refractivity contribution in [3.05, 3.63) is 28.8 Å². The molecule has 18 heavy (non-hydrogen) atoms. The van der Waals surface area contributed by atoms with Crippen molar-refractivity contribution in [1.82, 2.24) is 0 Å². The average Bonchev–Trinajstić information content (AvgIpc) is 2.27. The molecule has 0 amide bonds. The fourth-order valence-electron chi connectivity index (χ4n) is 2.45. The molecule has 0 fully saturated rings. The Morgan fingerprint density at radius 2 is 1.89 bits per heavy atom. The van der Waals surface area contributed by atoms with Crippen molar-refractivity contribution in [2.24, 2.45) is 16.9 Å². The molecular formula is C15H26N2O. The van der Waals surface area contributed by atoms with E-state index < -0.39 is 0 Å². The third-order valence-corrected chi connectivity index (χ3v) is 3.62. The van der Waals surface area contributed by atoms with E-state index in [9.17, 15) is 0 Å². The summed E-state index contributed by atoms with van der Waals surface area (Å²) >= 11 is 0. The Labute approximate surface area is 111 Å². The maximum Gasteiger partial charge on any atom is 0.126 e. The summed E-state index contributed by atoms with van der Waals surface area (Å²) in [5, 5.41) is 0. The summed E-state index contributed by atoms with van der Waals surface area (Å²) < 4.78 is 5.51. The lowest BCUT2D eigenvalue weighted by Crippen LogP contribution is -2.31. The van der Waals surface area contributed by atoms with Crippen molar-refractivity contribution in [2.75, 3.05) is 13.7 Å². The summed E-state index contributed by atoms with van der Waals surface area (Å²) in [4.78, 5) is 0. The first-order valence-electron chi connectivity index (χ1n) is 6.44. The van der Waals surface area contributed by atoms with Gasteiger partial charge in [0.25, 0.3) is 0 Å². The fraction of sp³-hybridized carbons (Fsp3) is 0.600. The van der Waals surface area contributed by atoms with Gasteiger partial charge in [0.1, 0.15) is 5.75 Å². The van der Waals surface area contributed by atoms with Gasteiger partial charge in [-0.3, -0.25) is 0 Å². The van der Waals surface area contributed by atoms with Crippen molar-refractivity contribution in [1.29, 1.82) is 0 Å². The smallest absolute Gasteiger partial charge is 0.126 e. The molecule has 1 aromatic carbocycles. The maximum atomic E-state index is 6.44. The summed E-state index contributed by atoms with van der Waals surface area (Å²) in [5.74, 6) is 0.901. The molecule has 4 N–H and O–H groups in total. The van der Waals surface area contributed by atoms with E-state index in [1.54, 1.807) is 7.11 Å². The maximum absolute atomic E-state index is 6.44. The Bertz CT molecular complexity index is 413. The number of ether oxygens (including phenoxy) is 1. The van der Waals surface area contributed by atoms with Crippen LogP contribution in [0.4, 0.5) is 0 Å². The number of hydrogen-bond donors (Lipinski definition) is 2. The predicted octanol–water partition coefficient (Wildman–Crippen LogP) is 2.69. The standard InChI is InChI=1S/C15H26N2O/c1-10-8-11(2)13(18-5)12(9-10)14(17)15(3,4)6-7-16/h8-9,14H,6-7,16-17H2,1-5H3. The molecule has 1 unspecified atom stereocenters. The minimum atomic E-state index is -0.0744. The first-order valence-corrected chi connectivity index (χ1v) is 6.44. The van der Waals surface area contributed by atoms with Gasteiger partial charge in [0.2, 0.25) is 0 Å². The molecular weight excluding hydrogens is 224 g/mol. The number of methoxy groups -OCH3 is 1. The highest BCUT2D eigenvalue weighted by Gasteiger charge is 2.29. The molecule has 0 saturated heterocycles. The predicted molar refractivity (Wildman–Crippen MR) is 76.8 cm³/mol. The molecule has 0 aliphatic heterocycles. The van der Waals surface area contributed by atoms with Crippen LogP contribution in [0.3, 0.4) is 0 Å². The largest absolute Gasteiger partial charge is 0.496 e. The summed E-state index contributed by atoms with van der Waals surface area (Å²) in [6.45, 7) is 9.09.